The second-order valence-electron chi connectivity index (χ2n) is 18.5. The van der Waals surface area contributed by atoms with Gasteiger partial charge in [-0.1, -0.05) is 199 Å². The van der Waals surface area contributed by atoms with Crippen molar-refractivity contribution >= 4 is 19.8 Å². The lowest BCUT2D eigenvalue weighted by atomic mass is 10.1. The van der Waals surface area contributed by atoms with Crippen LogP contribution in [0.15, 0.2) is 134 Å². The van der Waals surface area contributed by atoms with Gasteiger partial charge in [0.05, 0.1) is 27.7 Å². The standard InChI is InChI=1S/C60H98NO8P/c1-6-8-10-12-14-16-18-20-22-24-26-28-30-32-34-36-38-40-42-44-46-48-50-52-59(62)66-56-58(57-68-70(64,65)67-55-54-61(3,4)5)69-60(63)53-51-49-47-45-43-41-39-37-35-33-31-29-27-25-23-21-19-17-15-13-11-9-7-2/h8-11,14-17,20-23,26-29,33,35,39,41,45,47,58H,6-7,12-13,18-19,24-25,30-32,34,36-38,40,42-44,46,48-57H2,1-5H3/b10-8-,11-9-,16-14-,17-15-,22-20-,23-21-,28-26-,29-27-,35-33-,41-39-,47-45-. The molecule has 0 spiro atoms. The van der Waals surface area contributed by atoms with Gasteiger partial charge in [-0.05, 0) is 103 Å². The number of carbonyl (C=O) groups is 2. The van der Waals surface area contributed by atoms with Gasteiger partial charge in [-0.25, -0.2) is 0 Å². The van der Waals surface area contributed by atoms with E-state index in [1.54, 1.807) is 0 Å². The molecule has 0 aliphatic heterocycles. The number of phosphoric acid groups is 1. The first-order valence-electron chi connectivity index (χ1n) is 26.9. The topological polar surface area (TPSA) is 111 Å². The molecule has 0 saturated carbocycles. The summed E-state index contributed by atoms with van der Waals surface area (Å²) in [5.74, 6) is -0.920. The normalized spacial score (nSPS) is 14.4. The average Bonchev–Trinajstić information content (AvgIpc) is 3.32. The van der Waals surface area contributed by atoms with Gasteiger partial charge >= 0.3 is 11.9 Å². The van der Waals surface area contributed by atoms with Crippen LogP contribution in [0.4, 0.5) is 0 Å². The molecule has 0 radical (unpaired) electrons. The number of phosphoric ester groups is 1. The Hall–Kier alpha value is -3.85. The number of allylic oxidation sites excluding steroid dienone is 22. The van der Waals surface area contributed by atoms with Gasteiger partial charge in [-0.2, -0.15) is 0 Å². The highest BCUT2D eigenvalue weighted by molar-refractivity contribution is 7.45. The number of nitrogens with zero attached hydrogens (tertiary/aromatic N) is 1. The van der Waals surface area contributed by atoms with E-state index in [4.69, 9.17) is 18.5 Å². The lowest BCUT2D eigenvalue weighted by molar-refractivity contribution is -0.870. The van der Waals surface area contributed by atoms with Gasteiger partial charge in [0.15, 0.2) is 6.10 Å². The first-order chi connectivity index (χ1) is 34.0. The summed E-state index contributed by atoms with van der Waals surface area (Å²) in [7, 11) is 1.10. The summed E-state index contributed by atoms with van der Waals surface area (Å²) in [5, 5.41) is 0. The summed E-state index contributed by atoms with van der Waals surface area (Å²) in [6, 6.07) is 0. The number of hydrogen-bond acceptors (Lipinski definition) is 8. The van der Waals surface area contributed by atoms with E-state index in [1.165, 1.54) is 38.5 Å². The molecule has 0 heterocycles. The Bertz CT molecular complexity index is 1640. The maximum atomic E-state index is 12.7. The van der Waals surface area contributed by atoms with Crippen LogP contribution in [0.2, 0.25) is 0 Å². The molecule has 2 atom stereocenters. The third kappa shape index (κ3) is 53.5. The zero-order valence-corrected chi connectivity index (χ0v) is 45.5. The molecule has 0 aliphatic rings. The van der Waals surface area contributed by atoms with Crippen molar-refractivity contribution in [2.24, 2.45) is 0 Å². The van der Waals surface area contributed by atoms with E-state index in [0.29, 0.717) is 30.3 Å². The molecule has 0 aromatic carbocycles. The largest absolute Gasteiger partial charge is 0.756 e. The van der Waals surface area contributed by atoms with Crippen LogP contribution < -0.4 is 4.89 Å². The van der Waals surface area contributed by atoms with Crippen LogP contribution in [0, 0.1) is 0 Å². The SMILES string of the molecule is CC/C=C\C/C=C\C/C=C\C/C=C\C/C=C\C/C=C\C/C=C\CCCC(=O)OC(COC(=O)CCCCCCCCCCCC/C=C\C/C=C\C/C=C\C/C=C\CC)COP(=O)([O-])OCC[N+](C)(C)C. The highest BCUT2D eigenvalue weighted by Crippen LogP contribution is 2.38. The maximum Gasteiger partial charge on any atom is 0.306 e. The predicted octanol–water partition coefficient (Wildman–Crippen LogP) is 15.9. The molecule has 0 aliphatic carbocycles. The van der Waals surface area contributed by atoms with Crippen molar-refractivity contribution < 1.29 is 42.1 Å². The molecule has 0 aromatic heterocycles. The average molecular weight is 992 g/mol. The van der Waals surface area contributed by atoms with Gasteiger partial charge < -0.3 is 27.9 Å². The minimum atomic E-state index is -4.66. The van der Waals surface area contributed by atoms with E-state index >= 15 is 0 Å². The highest BCUT2D eigenvalue weighted by atomic mass is 31.2. The fourth-order valence-corrected chi connectivity index (χ4v) is 7.30. The fourth-order valence-electron chi connectivity index (χ4n) is 6.58. The van der Waals surface area contributed by atoms with E-state index in [1.807, 2.05) is 27.2 Å². The van der Waals surface area contributed by atoms with Crippen molar-refractivity contribution in [2.75, 3.05) is 47.5 Å². The van der Waals surface area contributed by atoms with E-state index < -0.39 is 32.5 Å². The predicted molar refractivity (Wildman–Crippen MR) is 295 cm³/mol. The summed E-state index contributed by atoms with van der Waals surface area (Å²) in [4.78, 5) is 37.8. The van der Waals surface area contributed by atoms with Gasteiger partial charge in [0.25, 0.3) is 7.82 Å². The molecule has 0 aromatic rings. The number of rotatable bonds is 47. The van der Waals surface area contributed by atoms with E-state index in [0.717, 1.165) is 96.3 Å². The Kier molecular flexibility index (Phi) is 47.3. The Morgan fingerprint density at radius 1 is 0.443 bits per heavy atom. The van der Waals surface area contributed by atoms with Crippen molar-refractivity contribution in [1.29, 1.82) is 0 Å². The first-order valence-corrected chi connectivity index (χ1v) is 28.4. The van der Waals surface area contributed by atoms with E-state index in [2.05, 4.69) is 141 Å². The molecule has 0 rings (SSSR count). The summed E-state index contributed by atoms with van der Waals surface area (Å²) in [6.45, 7) is 3.91. The fraction of sp³-hybridized carbons (Fsp3) is 0.600. The number of carbonyl (C=O) groups excluding carboxylic acids is 2. The van der Waals surface area contributed by atoms with Gasteiger partial charge in [0.1, 0.15) is 19.8 Å². The molecule has 0 fully saturated rings. The molecule has 2 unspecified atom stereocenters. The van der Waals surface area contributed by atoms with Crippen LogP contribution in [0.3, 0.4) is 0 Å². The number of likely N-dealkylation sites (N-methyl/N-ethyl adjacent to an activating group) is 1. The van der Waals surface area contributed by atoms with E-state index in [-0.39, 0.29) is 26.1 Å². The lowest BCUT2D eigenvalue weighted by Gasteiger charge is -2.28. The number of hydrogen-bond donors (Lipinski definition) is 0. The first kappa shape index (κ1) is 66.2. The van der Waals surface area contributed by atoms with Gasteiger partial charge in [-0.15, -0.1) is 0 Å². The molecule has 0 saturated heterocycles. The van der Waals surface area contributed by atoms with Crippen LogP contribution in [0.5, 0.6) is 0 Å². The zero-order chi connectivity index (χ0) is 51.3. The van der Waals surface area contributed by atoms with Gasteiger partial charge in [0, 0.05) is 12.8 Å². The number of unbranched alkanes of at least 4 members (excludes halogenated alkanes) is 11. The third-order valence-electron chi connectivity index (χ3n) is 10.7. The quantitative estimate of drug-likeness (QED) is 0.0195. The van der Waals surface area contributed by atoms with Gasteiger partial charge in [0.2, 0.25) is 0 Å². The molecular weight excluding hydrogens is 894 g/mol. The van der Waals surface area contributed by atoms with Crippen LogP contribution in [-0.4, -0.2) is 70.0 Å². The summed E-state index contributed by atoms with van der Waals surface area (Å²) < 4.78 is 34.0. The summed E-state index contributed by atoms with van der Waals surface area (Å²) in [6.07, 6.45) is 72.1. The van der Waals surface area contributed by atoms with Crippen molar-refractivity contribution in [3.8, 4) is 0 Å². The minimum absolute atomic E-state index is 0.0505. The van der Waals surface area contributed by atoms with Crippen molar-refractivity contribution in [3.63, 3.8) is 0 Å². The maximum absolute atomic E-state index is 12.7. The molecule has 0 amide bonds. The molecule has 9 nitrogen and oxygen atoms in total. The van der Waals surface area contributed by atoms with Crippen molar-refractivity contribution in [1.82, 2.24) is 0 Å². The van der Waals surface area contributed by atoms with Crippen LogP contribution >= 0.6 is 7.82 Å². The second kappa shape index (κ2) is 50.1. The number of ether oxygens (including phenoxy) is 2. The Labute approximate surface area is 428 Å². The lowest BCUT2D eigenvalue weighted by Crippen LogP contribution is -2.37. The minimum Gasteiger partial charge on any atom is -0.756 e. The molecule has 396 valence electrons. The Morgan fingerprint density at radius 3 is 1.19 bits per heavy atom. The summed E-state index contributed by atoms with van der Waals surface area (Å²) >= 11 is 0. The Morgan fingerprint density at radius 2 is 0.786 bits per heavy atom. The second-order valence-corrected chi connectivity index (χ2v) is 19.9. The molecule has 10 heteroatoms. The molecule has 0 bridgehead atoms. The van der Waals surface area contributed by atoms with Crippen molar-refractivity contribution in [2.45, 2.75) is 187 Å². The molecule has 0 N–H and O–H groups in total. The van der Waals surface area contributed by atoms with Crippen LogP contribution in [-0.2, 0) is 32.7 Å². The van der Waals surface area contributed by atoms with Crippen LogP contribution in [0.25, 0.3) is 0 Å². The Balaban J connectivity index is 4.36. The number of quaternary nitrogens is 1. The third-order valence-corrected chi connectivity index (χ3v) is 11.6. The summed E-state index contributed by atoms with van der Waals surface area (Å²) in [5.41, 5.74) is 0. The molecular formula is C60H98NO8P. The van der Waals surface area contributed by atoms with Crippen molar-refractivity contribution in [3.05, 3.63) is 134 Å². The van der Waals surface area contributed by atoms with Gasteiger partial charge in [-0.3, -0.25) is 14.2 Å². The number of esters is 2. The zero-order valence-electron chi connectivity index (χ0n) is 44.7. The molecule has 70 heavy (non-hydrogen) atoms. The smallest absolute Gasteiger partial charge is 0.306 e. The van der Waals surface area contributed by atoms with Crippen LogP contribution in [0.1, 0.15) is 181 Å². The highest BCUT2D eigenvalue weighted by Gasteiger charge is 2.21. The van der Waals surface area contributed by atoms with E-state index in [9.17, 15) is 19.0 Å². The monoisotopic (exact) mass is 992 g/mol.